The van der Waals surface area contributed by atoms with Gasteiger partial charge in [-0.15, -0.1) is 11.3 Å². The Balaban J connectivity index is 1.46. The molecule has 2 aromatic heterocycles. The highest BCUT2D eigenvalue weighted by Gasteiger charge is 2.08. The van der Waals surface area contributed by atoms with Gasteiger partial charge in [0, 0.05) is 18.1 Å². The first-order chi connectivity index (χ1) is 13.0. The van der Waals surface area contributed by atoms with Crippen LogP contribution >= 0.6 is 11.3 Å². The van der Waals surface area contributed by atoms with Crippen LogP contribution < -0.4 is 15.4 Å². The van der Waals surface area contributed by atoms with Crippen LogP contribution in [0.2, 0.25) is 0 Å². The molecule has 140 valence electrons. The summed E-state index contributed by atoms with van der Waals surface area (Å²) in [6.45, 7) is 1.77. The van der Waals surface area contributed by atoms with Gasteiger partial charge in [0.2, 0.25) is 5.91 Å². The second-order valence-corrected chi connectivity index (χ2v) is 6.76. The first-order valence-corrected chi connectivity index (χ1v) is 9.08. The molecule has 2 N–H and O–H groups in total. The lowest BCUT2D eigenvalue weighted by molar-refractivity contribution is -0.118. The minimum Gasteiger partial charge on any atom is -0.480 e. The van der Waals surface area contributed by atoms with E-state index in [1.165, 1.54) is 11.3 Å². The van der Waals surface area contributed by atoms with Gasteiger partial charge in [-0.05, 0) is 24.6 Å². The van der Waals surface area contributed by atoms with Gasteiger partial charge in [-0.2, -0.15) is 5.10 Å². The number of aryl methyl sites for hydroxylation is 2. The van der Waals surface area contributed by atoms with Gasteiger partial charge < -0.3 is 15.4 Å². The van der Waals surface area contributed by atoms with Crippen molar-refractivity contribution < 1.29 is 14.3 Å². The number of aromatic nitrogens is 3. The quantitative estimate of drug-likeness (QED) is 0.651. The number of thiazole rings is 1. The van der Waals surface area contributed by atoms with Crippen LogP contribution in [0.4, 0.5) is 10.8 Å². The highest BCUT2D eigenvalue weighted by Crippen LogP contribution is 2.16. The number of hydrogen-bond donors (Lipinski definition) is 2. The van der Waals surface area contributed by atoms with Crippen molar-refractivity contribution in [2.75, 3.05) is 17.2 Å². The summed E-state index contributed by atoms with van der Waals surface area (Å²) in [6, 6.07) is 7.09. The van der Waals surface area contributed by atoms with E-state index in [2.05, 4.69) is 20.7 Å². The van der Waals surface area contributed by atoms with Crippen LogP contribution in [-0.2, 0) is 23.1 Å². The van der Waals surface area contributed by atoms with Crippen LogP contribution in [-0.4, -0.2) is 33.2 Å². The number of benzene rings is 1. The summed E-state index contributed by atoms with van der Waals surface area (Å²) < 4.78 is 6.94. The van der Waals surface area contributed by atoms with Crippen molar-refractivity contribution in [1.29, 1.82) is 0 Å². The Morgan fingerprint density at radius 3 is 2.59 bits per heavy atom. The number of nitrogens with zero attached hydrogens (tertiary/aromatic N) is 3. The maximum absolute atomic E-state index is 12.0. The van der Waals surface area contributed by atoms with Gasteiger partial charge in [0.1, 0.15) is 0 Å². The van der Waals surface area contributed by atoms with E-state index >= 15 is 0 Å². The molecule has 1 aromatic carbocycles. The van der Waals surface area contributed by atoms with Crippen molar-refractivity contribution in [3.63, 3.8) is 0 Å². The van der Waals surface area contributed by atoms with Gasteiger partial charge >= 0.3 is 0 Å². The standard InChI is InChI=1S/C18H19N5O3S/c1-12-11-27-18(20-12)22-16(24)7-13-3-5-14(6-4-13)21-17(25)10-26-15-8-19-23(2)9-15/h3-6,8-9,11H,7,10H2,1-2H3,(H,21,25)(H,20,22,24). The molecule has 0 radical (unpaired) electrons. The molecule has 0 spiro atoms. The summed E-state index contributed by atoms with van der Waals surface area (Å²) >= 11 is 1.39. The van der Waals surface area contributed by atoms with Crippen molar-refractivity contribution in [3.8, 4) is 5.75 Å². The Labute approximate surface area is 160 Å². The molecule has 2 heterocycles. The number of ether oxygens (including phenoxy) is 1. The van der Waals surface area contributed by atoms with Crippen molar-refractivity contribution in [2.45, 2.75) is 13.3 Å². The van der Waals surface area contributed by atoms with E-state index in [-0.39, 0.29) is 24.8 Å². The summed E-state index contributed by atoms with van der Waals surface area (Å²) in [5.74, 6) is 0.124. The molecule has 8 nitrogen and oxygen atoms in total. The second-order valence-electron chi connectivity index (χ2n) is 5.90. The van der Waals surface area contributed by atoms with Crippen LogP contribution in [0.3, 0.4) is 0 Å². The molecule has 0 saturated heterocycles. The monoisotopic (exact) mass is 385 g/mol. The lowest BCUT2D eigenvalue weighted by Crippen LogP contribution is -2.20. The molecule has 27 heavy (non-hydrogen) atoms. The maximum Gasteiger partial charge on any atom is 0.262 e. The average molecular weight is 385 g/mol. The van der Waals surface area contributed by atoms with Gasteiger partial charge in [-0.1, -0.05) is 12.1 Å². The zero-order chi connectivity index (χ0) is 19.2. The Bertz CT molecular complexity index is 933. The average Bonchev–Trinajstić information content (AvgIpc) is 3.23. The third-order valence-corrected chi connectivity index (χ3v) is 4.39. The molecule has 3 aromatic rings. The fourth-order valence-electron chi connectivity index (χ4n) is 2.29. The number of anilines is 2. The van der Waals surface area contributed by atoms with Crippen LogP contribution in [0.5, 0.6) is 5.75 Å². The first-order valence-electron chi connectivity index (χ1n) is 8.20. The van der Waals surface area contributed by atoms with Crippen molar-refractivity contribution in [2.24, 2.45) is 7.05 Å². The van der Waals surface area contributed by atoms with Crippen LogP contribution in [0, 0.1) is 6.92 Å². The van der Waals surface area contributed by atoms with Crippen molar-refractivity contribution in [1.82, 2.24) is 14.8 Å². The smallest absolute Gasteiger partial charge is 0.262 e. The molecule has 0 aliphatic heterocycles. The van der Waals surface area contributed by atoms with Crippen LogP contribution in [0.1, 0.15) is 11.3 Å². The summed E-state index contributed by atoms with van der Waals surface area (Å²) in [5.41, 5.74) is 2.35. The van der Waals surface area contributed by atoms with Crippen LogP contribution in [0.25, 0.3) is 0 Å². The van der Waals surface area contributed by atoms with E-state index in [0.717, 1.165) is 11.3 Å². The molecule has 3 rings (SSSR count). The molecule has 0 unspecified atom stereocenters. The molecule has 0 bridgehead atoms. The normalized spacial score (nSPS) is 10.4. The number of carbonyl (C=O) groups excluding carboxylic acids is 2. The van der Waals surface area contributed by atoms with E-state index in [1.807, 2.05) is 12.3 Å². The molecule has 0 aliphatic rings. The molecular weight excluding hydrogens is 366 g/mol. The third kappa shape index (κ3) is 5.65. The largest absolute Gasteiger partial charge is 0.480 e. The lowest BCUT2D eigenvalue weighted by atomic mass is 10.1. The minimum absolute atomic E-state index is 0.108. The topological polar surface area (TPSA) is 98.1 Å². The summed E-state index contributed by atoms with van der Waals surface area (Å²) in [4.78, 5) is 28.2. The van der Waals surface area contributed by atoms with E-state index in [4.69, 9.17) is 4.74 Å². The fraction of sp³-hybridized carbons (Fsp3) is 0.222. The van der Waals surface area contributed by atoms with Gasteiger partial charge in [-0.3, -0.25) is 14.3 Å². The molecular formula is C18H19N5O3S. The van der Waals surface area contributed by atoms with E-state index < -0.39 is 0 Å². The molecule has 9 heteroatoms. The Morgan fingerprint density at radius 2 is 1.96 bits per heavy atom. The predicted octanol–water partition coefficient (Wildman–Crippen LogP) is 2.38. The first kappa shape index (κ1) is 18.6. The van der Waals surface area contributed by atoms with Gasteiger partial charge in [0.25, 0.3) is 5.91 Å². The van der Waals surface area contributed by atoms with E-state index in [1.54, 1.807) is 48.4 Å². The van der Waals surface area contributed by atoms with Gasteiger partial charge in [-0.25, -0.2) is 4.98 Å². The van der Waals surface area contributed by atoms with Gasteiger partial charge in [0.15, 0.2) is 17.5 Å². The lowest BCUT2D eigenvalue weighted by Gasteiger charge is -2.07. The molecule has 0 fully saturated rings. The summed E-state index contributed by atoms with van der Waals surface area (Å²) in [5, 5.41) is 11.9. The molecule has 0 atom stereocenters. The van der Waals surface area contributed by atoms with Crippen LogP contribution in [0.15, 0.2) is 42.0 Å². The predicted molar refractivity (Wildman–Crippen MR) is 103 cm³/mol. The number of carbonyl (C=O) groups is 2. The fourth-order valence-corrected chi connectivity index (χ4v) is 2.99. The molecule has 2 amide bonds. The van der Waals surface area contributed by atoms with Crippen molar-refractivity contribution >= 4 is 34.0 Å². The Morgan fingerprint density at radius 1 is 1.19 bits per heavy atom. The SMILES string of the molecule is Cc1csc(NC(=O)Cc2ccc(NC(=O)COc3cnn(C)c3)cc2)n1. The minimum atomic E-state index is -0.275. The Hall–Kier alpha value is -3.20. The van der Waals surface area contributed by atoms with E-state index in [0.29, 0.717) is 16.6 Å². The number of rotatable bonds is 7. The summed E-state index contributed by atoms with van der Waals surface area (Å²) in [7, 11) is 1.77. The highest BCUT2D eigenvalue weighted by atomic mass is 32.1. The highest BCUT2D eigenvalue weighted by molar-refractivity contribution is 7.13. The number of nitrogens with one attached hydrogen (secondary N) is 2. The zero-order valence-electron chi connectivity index (χ0n) is 14.9. The number of amides is 2. The molecule has 0 aliphatic carbocycles. The van der Waals surface area contributed by atoms with Gasteiger partial charge in [0.05, 0.1) is 24.5 Å². The molecule has 0 saturated carbocycles. The Kier molecular flexibility index (Phi) is 5.82. The summed E-state index contributed by atoms with van der Waals surface area (Å²) in [6.07, 6.45) is 3.46. The zero-order valence-corrected chi connectivity index (χ0v) is 15.7. The van der Waals surface area contributed by atoms with E-state index in [9.17, 15) is 9.59 Å². The second kappa shape index (κ2) is 8.45. The number of hydrogen-bond acceptors (Lipinski definition) is 6. The maximum atomic E-state index is 12.0. The third-order valence-electron chi connectivity index (χ3n) is 3.52. The van der Waals surface area contributed by atoms with Crippen molar-refractivity contribution in [3.05, 3.63) is 53.3 Å².